The molecule has 4 amide bonds. The molecular formula is C25H23BrN4O3. The van der Waals surface area contributed by atoms with Crippen LogP contribution in [0.25, 0.3) is 11.8 Å². The van der Waals surface area contributed by atoms with Crippen LogP contribution in [0, 0.1) is 13.8 Å². The summed E-state index contributed by atoms with van der Waals surface area (Å²) in [5.74, 6) is -1.37. The molecule has 0 bridgehead atoms. The lowest BCUT2D eigenvalue weighted by atomic mass is 10.1. The molecule has 2 heterocycles. The average molecular weight is 507 g/mol. The van der Waals surface area contributed by atoms with Crippen LogP contribution in [0.5, 0.6) is 0 Å². The number of anilines is 2. The summed E-state index contributed by atoms with van der Waals surface area (Å²) in [6.45, 7) is 3.90. The first-order chi connectivity index (χ1) is 15.7. The van der Waals surface area contributed by atoms with E-state index in [9.17, 15) is 14.4 Å². The Morgan fingerprint density at radius 1 is 0.909 bits per heavy atom. The number of hydrogen-bond donors (Lipinski definition) is 1. The van der Waals surface area contributed by atoms with Crippen molar-refractivity contribution in [3.63, 3.8) is 0 Å². The topological polar surface area (TPSA) is 74.6 Å². The summed E-state index contributed by atoms with van der Waals surface area (Å²) in [5.41, 5.74) is 4.92. The predicted molar refractivity (Wildman–Crippen MR) is 133 cm³/mol. The highest BCUT2D eigenvalue weighted by Crippen LogP contribution is 2.27. The number of urea groups is 1. The van der Waals surface area contributed by atoms with E-state index in [0.29, 0.717) is 5.69 Å². The minimum atomic E-state index is -0.768. The van der Waals surface area contributed by atoms with E-state index in [1.165, 1.54) is 0 Å². The van der Waals surface area contributed by atoms with E-state index in [0.717, 1.165) is 37.7 Å². The van der Waals surface area contributed by atoms with Crippen LogP contribution in [-0.2, 0) is 9.59 Å². The Hall–Kier alpha value is -3.65. The molecule has 1 fully saturated rings. The number of aryl methyl sites for hydroxylation is 1. The molecule has 168 valence electrons. The molecule has 1 aliphatic heterocycles. The van der Waals surface area contributed by atoms with Crippen molar-refractivity contribution in [2.45, 2.75) is 13.8 Å². The highest BCUT2D eigenvalue weighted by atomic mass is 79.9. The van der Waals surface area contributed by atoms with Gasteiger partial charge < -0.3 is 9.47 Å². The molecular weight excluding hydrogens is 484 g/mol. The summed E-state index contributed by atoms with van der Waals surface area (Å²) in [5, 5.41) is 2.27. The summed E-state index contributed by atoms with van der Waals surface area (Å²) in [6.07, 6.45) is 1.54. The Labute approximate surface area is 200 Å². The molecule has 33 heavy (non-hydrogen) atoms. The lowest BCUT2D eigenvalue weighted by molar-refractivity contribution is -0.122. The van der Waals surface area contributed by atoms with Gasteiger partial charge in [0.2, 0.25) is 0 Å². The second kappa shape index (κ2) is 8.71. The molecule has 0 saturated carbocycles. The van der Waals surface area contributed by atoms with Crippen molar-refractivity contribution in [2.24, 2.45) is 0 Å². The number of benzene rings is 2. The van der Waals surface area contributed by atoms with Gasteiger partial charge >= 0.3 is 6.03 Å². The molecule has 8 heteroatoms. The van der Waals surface area contributed by atoms with Crippen molar-refractivity contribution in [3.05, 3.63) is 81.6 Å². The van der Waals surface area contributed by atoms with Crippen LogP contribution in [0.4, 0.5) is 16.2 Å². The van der Waals surface area contributed by atoms with Crippen LogP contribution in [0.3, 0.4) is 0 Å². The van der Waals surface area contributed by atoms with E-state index in [1.54, 1.807) is 30.3 Å². The summed E-state index contributed by atoms with van der Waals surface area (Å²) in [4.78, 5) is 41.1. The summed E-state index contributed by atoms with van der Waals surface area (Å²) in [6, 6.07) is 16.0. The third-order valence-electron chi connectivity index (χ3n) is 5.58. The van der Waals surface area contributed by atoms with Crippen LogP contribution in [-0.4, -0.2) is 36.5 Å². The Morgan fingerprint density at radius 3 is 2.12 bits per heavy atom. The van der Waals surface area contributed by atoms with Crippen LogP contribution >= 0.6 is 15.9 Å². The number of imide groups is 2. The van der Waals surface area contributed by atoms with Crippen LogP contribution in [0.15, 0.2) is 64.6 Å². The van der Waals surface area contributed by atoms with Gasteiger partial charge in [-0.1, -0.05) is 15.9 Å². The van der Waals surface area contributed by atoms with Crippen LogP contribution < -0.4 is 15.1 Å². The molecule has 1 N–H and O–H groups in total. The standard InChI is InChI=1S/C25H23BrN4O3/c1-15-13-17(16(2)29(15)20-11-9-19(10-12-20)28(3)4)14-22-23(31)27-25(33)30(24(22)32)21-7-5-18(26)6-8-21/h5-14H,1-4H3,(H,27,31,33)/b22-14-. The van der Waals surface area contributed by atoms with Crippen molar-refractivity contribution in [1.82, 2.24) is 9.88 Å². The Balaban J connectivity index is 1.72. The minimum Gasteiger partial charge on any atom is -0.378 e. The maximum atomic E-state index is 13.2. The quantitative estimate of drug-likeness (QED) is 0.414. The number of nitrogens with one attached hydrogen (secondary N) is 1. The van der Waals surface area contributed by atoms with Gasteiger partial charge in [0.05, 0.1) is 5.69 Å². The SMILES string of the molecule is Cc1cc(/C=C2/C(=O)NC(=O)N(c3ccc(Br)cc3)C2=O)c(C)n1-c1ccc(N(C)C)cc1. The molecule has 7 nitrogen and oxygen atoms in total. The molecule has 3 aromatic rings. The van der Waals surface area contributed by atoms with Gasteiger partial charge in [-0.05, 0) is 80.1 Å². The Morgan fingerprint density at radius 2 is 1.52 bits per heavy atom. The van der Waals surface area contributed by atoms with Gasteiger partial charge in [0, 0.05) is 41.3 Å². The van der Waals surface area contributed by atoms with Gasteiger partial charge in [-0.3, -0.25) is 14.9 Å². The van der Waals surface area contributed by atoms with Crippen molar-refractivity contribution >= 4 is 51.2 Å². The van der Waals surface area contributed by atoms with E-state index in [1.807, 2.05) is 63.2 Å². The molecule has 0 radical (unpaired) electrons. The molecule has 1 aromatic heterocycles. The second-order valence-electron chi connectivity index (χ2n) is 8.01. The van der Waals surface area contributed by atoms with Gasteiger partial charge in [-0.15, -0.1) is 0 Å². The fourth-order valence-electron chi connectivity index (χ4n) is 3.87. The van der Waals surface area contributed by atoms with Gasteiger partial charge in [-0.25, -0.2) is 9.69 Å². The third kappa shape index (κ3) is 4.21. The number of nitrogens with zero attached hydrogens (tertiary/aromatic N) is 3. The zero-order chi connectivity index (χ0) is 23.9. The fourth-order valence-corrected chi connectivity index (χ4v) is 4.13. The zero-order valence-electron chi connectivity index (χ0n) is 18.7. The number of barbiturate groups is 1. The van der Waals surface area contributed by atoms with Crippen molar-refractivity contribution in [1.29, 1.82) is 0 Å². The maximum Gasteiger partial charge on any atom is 0.335 e. The molecule has 4 rings (SSSR count). The van der Waals surface area contributed by atoms with E-state index in [-0.39, 0.29) is 5.57 Å². The number of rotatable bonds is 4. The molecule has 0 atom stereocenters. The van der Waals surface area contributed by atoms with E-state index >= 15 is 0 Å². The van der Waals surface area contributed by atoms with E-state index < -0.39 is 17.8 Å². The van der Waals surface area contributed by atoms with Crippen LogP contribution in [0.1, 0.15) is 17.0 Å². The lowest BCUT2D eigenvalue weighted by Crippen LogP contribution is -2.54. The highest BCUT2D eigenvalue weighted by molar-refractivity contribution is 9.10. The van der Waals surface area contributed by atoms with Crippen molar-refractivity contribution < 1.29 is 14.4 Å². The van der Waals surface area contributed by atoms with Crippen molar-refractivity contribution in [3.8, 4) is 5.69 Å². The fraction of sp³-hybridized carbons (Fsp3) is 0.160. The van der Waals surface area contributed by atoms with Gasteiger partial charge in [0.15, 0.2) is 0 Å². The summed E-state index contributed by atoms with van der Waals surface area (Å²) >= 11 is 3.34. The highest BCUT2D eigenvalue weighted by Gasteiger charge is 2.37. The molecule has 0 aliphatic carbocycles. The van der Waals surface area contributed by atoms with Gasteiger partial charge in [0.1, 0.15) is 5.57 Å². The van der Waals surface area contributed by atoms with E-state index in [2.05, 4.69) is 25.8 Å². The second-order valence-corrected chi connectivity index (χ2v) is 8.92. The maximum absolute atomic E-state index is 13.2. The van der Waals surface area contributed by atoms with Crippen LogP contribution in [0.2, 0.25) is 0 Å². The summed E-state index contributed by atoms with van der Waals surface area (Å²) in [7, 11) is 3.97. The van der Waals surface area contributed by atoms with Crippen molar-refractivity contribution in [2.75, 3.05) is 23.9 Å². The lowest BCUT2D eigenvalue weighted by Gasteiger charge is -2.26. The summed E-state index contributed by atoms with van der Waals surface area (Å²) < 4.78 is 2.88. The van der Waals surface area contributed by atoms with Gasteiger partial charge in [0.25, 0.3) is 11.8 Å². The first-order valence-corrected chi connectivity index (χ1v) is 11.1. The molecule has 0 spiro atoms. The minimum absolute atomic E-state index is 0.0966. The zero-order valence-corrected chi connectivity index (χ0v) is 20.3. The number of aromatic nitrogens is 1. The Kier molecular flexibility index (Phi) is 5.95. The number of halogens is 1. The number of hydrogen-bond acceptors (Lipinski definition) is 4. The normalized spacial score (nSPS) is 15.2. The first-order valence-electron chi connectivity index (χ1n) is 10.3. The smallest absolute Gasteiger partial charge is 0.335 e. The largest absolute Gasteiger partial charge is 0.378 e. The third-order valence-corrected chi connectivity index (χ3v) is 6.11. The van der Waals surface area contributed by atoms with E-state index in [4.69, 9.17) is 0 Å². The monoisotopic (exact) mass is 506 g/mol. The number of carbonyl (C=O) groups excluding carboxylic acids is 3. The average Bonchev–Trinajstić information content (AvgIpc) is 3.05. The first kappa shape index (κ1) is 22.5. The number of carbonyl (C=O) groups is 3. The molecule has 2 aromatic carbocycles. The Bertz CT molecular complexity index is 1290. The molecule has 1 aliphatic rings. The number of amides is 4. The van der Waals surface area contributed by atoms with Gasteiger partial charge in [-0.2, -0.15) is 0 Å². The molecule has 0 unspecified atom stereocenters. The molecule has 1 saturated heterocycles. The predicted octanol–water partition coefficient (Wildman–Crippen LogP) is 4.59.